The van der Waals surface area contributed by atoms with Crippen LogP contribution in [0.1, 0.15) is 0 Å². The fraction of sp³-hybridized carbons (Fsp3) is 0.222. The Hall–Kier alpha value is -2.41. The summed E-state index contributed by atoms with van der Waals surface area (Å²) in [6.07, 6.45) is 0. The summed E-state index contributed by atoms with van der Waals surface area (Å²) in [5, 5.41) is 2.61. The van der Waals surface area contributed by atoms with Gasteiger partial charge in [0.25, 0.3) is 0 Å². The lowest BCUT2D eigenvalue weighted by atomic mass is 10.2. The highest BCUT2D eigenvalue weighted by atomic mass is 79.9. The minimum Gasteiger partial charge on any atom is -0.368 e. The van der Waals surface area contributed by atoms with Gasteiger partial charge in [-0.25, -0.2) is 4.39 Å². The van der Waals surface area contributed by atoms with Crippen LogP contribution in [-0.2, 0) is 9.59 Å². The van der Waals surface area contributed by atoms with Gasteiger partial charge in [0, 0.05) is 42.0 Å². The standard InChI is InChI=1S/C18H17BrFN3O2/c19-13-2-1-3-15(12-13)21-17(24)18(25)23-10-8-22(9-11-23)16-6-4-14(20)5-7-16/h1-7,12H,8-11H2,(H,21,24). The molecule has 130 valence electrons. The fourth-order valence-corrected chi connectivity index (χ4v) is 3.11. The van der Waals surface area contributed by atoms with Gasteiger partial charge in [0.15, 0.2) is 0 Å². The number of carbonyl (C=O) groups excluding carboxylic acids is 2. The van der Waals surface area contributed by atoms with Crippen molar-refractivity contribution in [2.24, 2.45) is 0 Å². The van der Waals surface area contributed by atoms with Crippen molar-refractivity contribution in [3.63, 3.8) is 0 Å². The highest BCUT2D eigenvalue weighted by Crippen LogP contribution is 2.18. The van der Waals surface area contributed by atoms with Gasteiger partial charge in [-0.05, 0) is 42.5 Å². The second-order valence-electron chi connectivity index (χ2n) is 5.72. The maximum Gasteiger partial charge on any atom is 0.313 e. The molecule has 7 heteroatoms. The van der Waals surface area contributed by atoms with Crippen LogP contribution in [-0.4, -0.2) is 42.9 Å². The Labute approximate surface area is 153 Å². The summed E-state index contributed by atoms with van der Waals surface area (Å²) in [4.78, 5) is 28.0. The SMILES string of the molecule is O=C(Nc1cccc(Br)c1)C(=O)N1CCN(c2ccc(F)cc2)CC1. The molecule has 2 aromatic rings. The maximum absolute atomic E-state index is 13.0. The summed E-state index contributed by atoms with van der Waals surface area (Å²) in [6.45, 7) is 2.09. The van der Waals surface area contributed by atoms with E-state index in [1.54, 1.807) is 30.3 Å². The van der Waals surface area contributed by atoms with E-state index in [1.807, 2.05) is 6.07 Å². The molecule has 1 heterocycles. The molecule has 0 saturated carbocycles. The smallest absolute Gasteiger partial charge is 0.313 e. The van der Waals surface area contributed by atoms with Crippen LogP contribution >= 0.6 is 15.9 Å². The first kappa shape index (κ1) is 17.4. The first-order valence-corrected chi connectivity index (χ1v) is 8.68. The third kappa shape index (κ3) is 4.36. The van der Waals surface area contributed by atoms with Crippen molar-refractivity contribution >= 4 is 39.1 Å². The Balaban J connectivity index is 1.55. The van der Waals surface area contributed by atoms with Gasteiger partial charge in [-0.3, -0.25) is 9.59 Å². The monoisotopic (exact) mass is 405 g/mol. The summed E-state index contributed by atoms with van der Waals surface area (Å²) in [7, 11) is 0. The van der Waals surface area contributed by atoms with E-state index >= 15 is 0 Å². The average Bonchev–Trinajstić information content (AvgIpc) is 2.62. The first-order valence-electron chi connectivity index (χ1n) is 7.89. The van der Waals surface area contributed by atoms with Crippen molar-refractivity contribution in [3.05, 3.63) is 58.8 Å². The van der Waals surface area contributed by atoms with Crippen molar-refractivity contribution < 1.29 is 14.0 Å². The van der Waals surface area contributed by atoms with Crippen LogP contribution < -0.4 is 10.2 Å². The molecule has 1 aliphatic rings. The summed E-state index contributed by atoms with van der Waals surface area (Å²) in [6, 6.07) is 13.3. The zero-order valence-electron chi connectivity index (χ0n) is 13.4. The van der Waals surface area contributed by atoms with Crippen LogP contribution in [0.3, 0.4) is 0 Å². The van der Waals surface area contributed by atoms with Gasteiger partial charge >= 0.3 is 11.8 Å². The molecule has 0 aliphatic carbocycles. The Morgan fingerprint density at radius 1 is 1.00 bits per heavy atom. The molecule has 3 rings (SSSR count). The molecule has 0 aromatic heterocycles. The zero-order chi connectivity index (χ0) is 17.8. The van der Waals surface area contributed by atoms with E-state index in [0.29, 0.717) is 31.9 Å². The number of benzene rings is 2. The largest absolute Gasteiger partial charge is 0.368 e. The number of hydrogen-bond donors (Lipinski definition) is 1. The van der Waals surface area contributed by atoms with E-state index in [4.69, 9.17) is 0 Å². The molecule has 0 bridgehead atoms. The molecular weight excluding hydrogens is 389 g/mol. The summed E-state index contributed by atoms with van der Waals surface area (Å²) >= 11 is 3.32. The molecule has 2 amide bonds. The molecule has 25 heavy (non-hydrogen) atoms. The number of piperazine rings is 1. The maximum atomic E-state index is 13.0. The van der Waals surface area contributed by atoms with Crippen LogP contribution in [0, 0.1) is 5.82 Å². The molecule has 0 atom stereocenters. The quantitative estimate of drug-likeness (QED) is 0.781. The van der Waals surface area contributed by atoms with E-state index in [-0.39, 0.29) is 5.82 Å². The number of carbonyl (C=O) groups is 2. The van der Waals surface area contributed by atoms with Crippen LogP contribution in [0.4, 0.5) is 15.8 Å². The number of amides is 2. The van der Waals surface area contributed by atoms with Crippen LogP contribution in [0.2, 0.25) is 0 Å². The van der Waals surface area contributed by atoms with E-state index in [9.17, 15) is 14.0 Å². The number of hydrogen-bond acceptors (Lipinski definition) is 3. The normalized spacial score (nSPS) is 14.3. The van der Waals surface area contributed by atoms with Crippen LogP contribution in [0.5, 0.6) is 0 Å². The highest BCUT2D eigenvalue weighted by Gasteiger charge is 2.26. The van der Waals surface area contributed by atoms with Gasteiger partial charge in [0.05, 0.1) is 0 Å². The first-order chi connectivity index (χ1) is 12.0. The van der Waals surface area contributed by atoms with E-state index in [0.717, 1.165) is 10.2 Å². The topological polar surface area (TPSA) is 52.7 Å². The van der Waals surface area contributed by atoms with Gasteiger partial charge in [-0.15, -0.1) is 0 Å². The number of halogens is 2. The molecule has 1 aliphatic heterocycles. The van der Waals surface area contributed by atoms with Crippen molar-refractivity contribution in [1.82, 2.24) is 4.90 Å². The molecule has 2 aromatic carbocycles. The Bertz CT molecular complexity index is 774. The second-order valence-corrected chi connectivity index (χ2v) is 6.64. The number of rotatable bonds is 2. The molecule has 0 radical (unpaired) electrons. The Morgan fingerprint density at radius 3 is 2.32 bits per heavy atom. The summed E-state index contributed by atoms with van der Waals surface area (Å²) in [5.41, 5.74) is 1.48. The van der Waals surface area contributed by atoms with E-state index < -0.39 is 11.8 Å². The lowest BCUT2D eigenvalue weighted by Crippen LogP contribution is -2.51. The number of nitrogens with one attached hydrogen (secondary N) is 1. The third-order valence-electron chi connectivity index (χ3n) is 4.04. The zero-order valence-corrected chi connectivity index (χ0v) is 15.0. The predicted octanol–water partition coefficient (Wildman–Crippen LogP) is 2.88. The average molecular weight is 406 g/mol. The van der Waals surface area contributed by atoms with Gasteiger partial charge in [-0.1, -0.05) is 22.0 Å². The lowest BCUT2D eigenvalue weighted by molar-refractivity contribution is -0.143. The predicted molar refractivity (Wildman–Crippen MR) is 98.0 cm³/mol. The van der Waals surface area contributed by atoms with Crippen LogP contribution in [0.25, 0.3) is 0 Å². The minimum absolute atomic E-state index is 0.276. The highest BCUT2D eigenvalue weighted by molar-refractivity contribution is 9.10. The third-order valence-corrected chi connectivity index (χ3v) is 4.53. The van der Waals surface area contributed by atoms with Crippen molar-refractivity contribution in [2.45, 2.75) is 0 Å². The van der Waals surface area contributed by atoms with E-state index in [1.165, 1.54) is 17.0 Å². The molecule has 1 fully saturated rings. The summed E-state index contributed by atoms with van der Waals surface area (Å²) < 4.78 is 13.8. The molecular formula is C18H17BrFN3O2. The molecule has 1 saturated heterocycles. The van der Waals surface area contributed by atoms with Gasteiger partial charge in [0.2, 0.25) is 0 Å². The number of anilines is 2. The fourth-order valence-electron chi connectivity index (χ4n) is 2.71. The lowest BCUT2D eigenvalue weighted by Gasteiger charge is -2.35. The van der Waals surface area contributed by atoms with E-state index in [2.05, 4.69) is 26.1 Å². The molecule has 0 spiro atoms. The van der Waals surface area contributed by atoms with Gasteiger partial charge < -0.3 is 15.1 Å². The van der Waals surface area contributed by atoms with Crippen molar-refractivity contribution in [3.8, 4) is 0 Å². The second kappa shape index (κ2) is 7.65. The molecule has 1 N–H and O–H groups in total. The Morgan fingerprint density at radius 2 is 1.68 bits per heavy atom. The van der Waals surface area contributed by atoms with Gasteiger partial charge in [0.1, 0.15) is 5.82 Å². The molecule has 0 unspecified atom stereocenters. The minimum atomic E-state index is -0.645. The van der Waals surface area contributed by atoms with Crippen molar-refractivity contribution in [1.29, 1.82) is 0 Å². The van der Waals surface area contributed by atoms with Crippen LogP contribution in [0.15, 0.2) is 53.0 Å². The summed E-state index contributed by atoms with van der Waals surface area (Å²) in [5.74, 6) is -1.46. The molecule has 5 nitrogen and oxygen atoms in total. The number of nitrogens with zero attached hydrogens (tertiary/aromatic N) is 2. The Kier molecular flexibility index (Phi) is 5.33. The van der Waals surface area contributed by atoms with Crippen molar-refractivity contribution in [2.75, 3.05) is 36.4 Å². The van der Waals surface area contributed by atoms with Gasteiger partial charge in [-0.2, -0.15) is 0 Å².